The van der Waals surface area contributed by atoms with Crippen molar-refractivity contribution in [3.05, 3.63) is 48.5 Å². The van der Waals surface area contributed by atoms with Crippen molar-refractivity contribution >= 4 is 5.91 Å². The molecule has 0 spiro atoms. The number of carbonyl (C=O) groups excluding carboxylic acids is 1. The number of amides is 1. The second-order valence-corrected chi connectivity index (χ2v) is 5.14. The highest BCUT2D eigenvalue weighted by Crippen LogP contribution is 2.29. The molecule has 20 heavy (non-hydrogen) atoms. The topological polar surface area (TPSA) is 51.0 Å². The maximum Gasteiger partial charge on any atom is 0.247 e. The molecule has 0 aliphatic carbocycles. The fraction of sp³-hybridized carbons (Fsp3) is 0.400. The molecule has 1 amide bonds. The lowest BCUT2D eigenvalue weighted by Crippen LogP contribution is -2.51. The van der Waals surface area contributed by atoms with Crippen LogP contribution in [-0.4, -0.2) is 38.7 Å². The van der Waals surface area contributed by atoms with E-state index in [9.17, 15) is 4.79 Å². The predicted molar refractivity (Wildman–Crippen MR) is 75.1 cm³/mol. The van der Waals surface area contributed by atoms with Crippen molar-refractivity contribution < 1.29 is 4.79 Å². The molecule has 2 aromatic heterocycles. The van der Waals surface area contributed by atoms with E-state index in [1.165, 1.54) is 5.56 Å². The largest absolute Gasteiger partial charge is 0.339 e. The summed E-state index contributed by atoms with van der Waals surface area (Å²) in [5.41, 5.74) is 1.21. The van der Waals surface area contributed by atoms with Gasteiger partial charge in [0, 0.05) is 43.8 Å². The zero-order valence-electron chi connectivity index (χ0n) is 11.5. The quantitative estimate of drug-likeness (QED) is 0.852. The Morgan fingerprint density at radius 2 is 2.25 bits per heavy atom. The van der Waals surface area contributed by atoms with Crippen LogP contribution in [0.25, 0.3) is 0 Å². The van der Waals surface area contributed by atoms with Crippen LogP contribution in [0.5, 0.6) is 0 Å². The standard InChI is InChI=1S/C15H18N4O/c1-2-14(19-8-4-7-17-19)15(20)18-10-13(11-18)12-5-3-6-16-9-12/h3-9,13-14H,2,10-11H2,1H3. The first-order valence-corrected chi connectivity index (χ1v) is 6.97. The number of rotatable bonds is 4. The molecule has 0 aromatic carbocycles. The zero-order valence-corrected chi connectivity index (χ0v) is 11.5. The first-order chi connectivity index (χ1) is 9.79. The Labute approximate surface area is 118 Å². The van der Waals surface area contributed by atoms with Gasteiger partial charge in [-0.2, -0.15) is 5.10 Å². The maximum atomic E-state index is 12.5. The van der Waals surface area contributed by atoms with Crippen molar-refractivity contribution in [3.8, 4) is 0 Å². The molecule has 5 heteroatoms. The molecule has 1 fully saturated rings. The van der Waals surface area contributed by atoms with Crippen LogP contribution in [0.3, 0.4) is 0 Å². The number of nitrogens with zero attached hydrogens (tertiary/aromatic N) is 4. The minimum Gasteiger partial charge on any atom is -0.339 e. The first-order valence-electron chi connectivity index (χ1n) is 6.97. The Morgan fingerprint density at radius 1 is 1.40 bits per heavy atom. The van der Waals surface area contributed by atoms with Gasteiger partial charge in [-0.1, -0.05) is 13.0 Å². The predicted octanol–water partition coefficient (Wildman–Crippen LogP) is 1.86. The maximum absolute atomic E-state index is 12.5. The molecule has 1 unspecified atom stereocenters. The molecule has 3 heterocycles. The number of carbonyl (C=O) groups is 1. The van der Waals surface area contributed by atoms with Crippen LogP contribution in [-0.2, 0) is 4.79 Å². The lowest BCUT2D eigenvalue weighted by molar-refractivity contribution is -0.139. The van der Waals surface area contributed by atoms with Gasteiger partial charge in [0.15, 0.2) is 0 Å². The molecule has 0 N–H and O–H groups in total. The number of hydrogen-bond donors (Lipinski definition) is 0. The van der Waals surface area contributed by atoms with E-state index in [2.05, 4.69) is 16.1 Å². The fourth-order valence-electron chi connectivity index (χ4n) is 2.64. The lowest BCUT2D eigenvalue weighted by Gasteiger charge is -2.41. The zero-order chi connectivity index (χ0) is 13.9. The molecular weight excluding hydrogens is 252 g/mol. The monoisotopic (exact) mass is 270 g/mol. The highest BCUT2D eigenvalue weighted by molar-refractivity contribution is 5.81. The Bertz CT molecular complexity index is 561. The van der Waals surface area contributed by atoms with E-state index in [0.29, 0.717) is 5.92 Å². The number of aromatic nitrogens is 3. The summed E-state index contributed by atoms with van der Waals surface area (Å²) in [4.78, 5) is 18.5. The van der Waals surface area contributed by atoms with Crippen LogP contribution in [0, 0.1) is 0 Å². The molecule has 2 aromatic rings. The Hall–Kier alpha value is -2.17. The van der Waals surface area contributed by atoms with Crippen molar-refractivity contribution in [2.75, 3.05) is 13.1 Å². The van der Waals surface area contributed by atoms with Gasteiger partial charge in [-0.05, 0) is 24.1 Å². The fourth-order valence-corrected chi connectivity index (χ4v) is 2.64. The lowest BCUT2D eigenvalue weighted by atomic mass is 9.92. The van der Waals surface area contributed by atoms with Crippen molar-refractivity contribution in [3.63, 3.8) is 0 Å². The Kier molecular flexibility index (Phi) is 3.50. The van der Waals surface area contributed by atoms with Crippen LogP contribution in [0.2, 0.25) is 0 Å². The summed E-state index contributed by atoms with van der Waals surface area (Å²) in [6.45, 7) is 3.58. The summed E-state index contributed by atoms with van der Waals surface area (Å²) < 4.78 is 1.75. The average molecular weight is 270 g/mol. The normalized spacial score (nSPS) is 16.8. The molecule has 1 saturated heterocycles. The summed E-state index contributed by atoms with van der Waals surface area (Å²) in [6.07, 6.45) is 7.98. The molecular formula is C15H18N4O. The van der Waals surface area contributed by atoms with Crippen molar-refractivity contribution in [1.82, 2.24) is 19.7 Å². The van der Waals surface area contributed by atoms with E-state index in [1.807, 2.05) is 36.4 Å². The van der Waals surface area contributed by atoms with Gasteiger partial charge in [-0.25, -0.2) is 0 Å². The minimum atomic E-state index is -0.181. The third-order valence-electron chi connectivity index (χ3n) is 3.86. The van der Waals surface area contributed by atoms with Gasteiger partial charge in [0.25, 0.3) is 0 Å². The number of likely N-dealkylation sites (tertiary alicyclic amines) is 1. The Balaban J connectivity index is 1.63. The average Bonchev–Trinajstić information content (AvgIpc) is 2.93. The van der Waals surface area contributed by atoms with E-state index in [1.54, 1.807) is 17.1 Å². The van der Waals surface area contributed by atoms with E-state index >= 15 is 0 Å². The van der Waals surface area contributed by atoms with Gasteiger partial charge < -0.3 is 4.90 Å². The highest BCUT2D eigenvalue weighted by atomic mass is 16.2. The second-order valence-electron chi connectivity index (χ2n) is 5.14. The van der Waals surface area contributed by atoms with Crippen LogP contribution >= 0.6 is 0 Å². The van der Waals surface area contributed by atoms with Crippen LogP contribution in [0.1, 0.15) is 30.9 Å². The van der Waals surface area contributed by atoms with E-state index < -0.39 is 0 Å². The molecule has 104 valence electrons. The van der Waals surface area contributed by atoms with Gasteiger partial charge in [0.05, 0.1) is 0 Å². The highest BCUT2D eigenvalue weighted by Gasteiger charge is 2.35. The van der Waals surface area contributed by atoms with E-state index in [4.69, 9.17) is 0 Å². The molecule has 1 aliphatic heterocycles. The second kappa shape index (κ2) is 5.45. The third-order valence-corrected chi connectivity index (χ3v) is 3.86. The van der Waals surface area contributed by atoms with Crippen LogP contribution < -0.4 is 0 Å². The van der Waals surface area contributed by atoms with Crippen molar-refractivity contribution in [1.29, 1.82) is 0 Å². The first kappa shape index (κ1) is 12.8. The van der Waals surface area contributed by atoms with Crippen molar-refractivity contribution in [2.24, 2.45) is 0 Å². The van der Waals surface area contributed by atoms with Crippen molar-refractivity contribution in [2.45, 2.75) is 25.3 Å². The molecule has 0 saturated carbocycles. The summed E-state index contributed by atoms with van der Waals surface area (Å²) in [6, 6.07) is 5.69. The number of hydrogen-bond acceptors (Lipinski definition) is 3. The van der Waals surface area contributed by atoms with Gasteiger partial charge in [-0.15, -0.1) is 0 Å². The summed E-state index contributed by atoms with van der Waals surface area (Å²) in [5.74, 6) is 0.583. The van der Waals surface area contributed by atoms with Gasteiger partial charge >= 0.3 is 0 Å². The SMILES string of the molecule is CCC(C(=O)N1CC(c2cccnc2)C1)n1cccn1. The van der Waals surface area contributed by atoms with E-state index in [0.717, 1.165) is 19.5 Å². The third kappa shape index (κ3) is 2.31. The molecule has 0 bridgehead atoms. The van der Waals surface area contributed by atoms with Gasteiger partial charge in [-0.3, -0.25) is 14.5 Å². The molecule has 3 rings (SSSR count). The molecule has 1 atom stereocenters. The van der Waals surface area contributed by atoms with Crippen LogP contribution in [0.4, 0.5) is 0 Å². The smallest absolute Gasteiger partial charge is 0.247 e. The molecule has 1 aliphatic rings. The summed E-state index contributed by atoms with van der Waals surface area (Å²) >= 11 is 0. The molecule has 5 nitrogen and oxygen atoms in total. The minimum absolute atomic E-state index is 0.163. The Morgan fingerprint density at radius 3 is 2.85 bits per heavy atom. The summed E-state index contributed by atoms with van der Waals surface area (Å²) in [7, 11) is 0. The van der Waals surface area contributed by atoms with Gasteiger partial charge in [0.1, 0.15) is 6.04 Å². The number of pyridine rings is 1. The molecule has 0 radical (unpaired) electrons. The summed E-state index contributed by atoms with van der Waals surface area (Å²) in [5, 5.41) is 4.19. The van der Waals surface area contributed by atoms with Crippen LogP contribution in [0.15, 0.2) is 43.0 Å². The van der Waals surface area contributed by atoms with Gasteiger partial charge in [0.2, 0.25) is 5.91 Å². The van der Waals surface area contributed by atoms with E-state index in [-0.39, 0.29) is 11.9 Å².